The van der Waals surface area contributed by atoms with E-state index in [2.05, 4.69) is 5.10 Å². The lowest BCUT2D eigenvalue weighted by Crippen LogP contribution is -2.26. The summed E-state index contributed by atoms with van der Waals surface area (Å²) >= 11 is 0. The zero-order chi connectivity index (χ0) is 20.5. The smallest absolute Gasteiger partial charge is 0.350 e. The number of carbonyl (C=O) groups is 1. The summed E-state index contributed by atoms with van der Waals surface area (Å²) in [5.41, 5.74) is -0.0451. The van der Waals surface area contributed by atoms with Gasteiger partial charge in [0, 0.05) is 19.0 Å². The Labute approximate surface area is 166 Å². The van der Waals surface area contributed by atoms with Gasteiger partial charge in [-0.2, -0.15) is 4.68 Å². The van der Waals surface area contributed by atoms with Gasteiger partial charge >= 0.3 is 11.7 Å². The molecule has 4 rings (SSSR count). The lowest BCUT2D eigenvalue weighted by atomic mass is 10.1. The molecule has 0 saturated heterocycles. The number of nitrogens with zero attached hydrogens (tertiary/aromatic N) is 3. The van der Waals surface area contributed by atoms with Gasteiger partial charge in [-0.15, -0.1) is 5.10 Å². The molecule has 8 heteroatoms. The van der Waals surface area contributed by atoms with Gasteiger partial charge in [0.25, 0.3) is 0 Å². The number of aryl methyl sites for hydroxylation is 1. The Morgan fingerprint density at radius 2 is 2.00 bits per heavy atom. The van der Waals surface area contributed by atoms with E-state index < -0.39 is 23.6 Å². The maximum atomic E-state index is 14.8. The third kappa shape index (κ3) is 3.53. The highest BCUT2D eigenvalue weighted by molar-refractivity contribution is 5.91. The Morgan fingerprint density at radius 3 is 2.69 bits per heavy atom. The van der Waals surface area contributed by atoms with Crippen molar-refractivity contribution in [3.05, 3.63) is 75.7 Å². The van der Waals surface area contributed by atoms with Gasteiger partial charge in [-0.05, 0) is 31.4 Å². The molecular weight excluding hydrogens is 377 g/mol. The number of rotatable bonds is 5. The fourth-order valence-electron chi connectivity index (χ4n) is 3.51. The van der Waals surface area contributed by atoms with Crippen LogP contribution < -0.4 is 10.4 Å². The van der Waals surface area contributed by atoms with Crippen molar-refractivity contribution in [2.45, 2.75) is 38.8 Å². The van der Waals surface area contributed by atoms with Crippen molar-refractivity contribution in [3.8, 4) is 11.4 Å². The Bertz CT molecular complexity index is 1120. The number of fused-ring (bicyclic) bond motifs is 1. The van der Waals surface area contributed by atoms with E-state index >= 15 is 0 Å². The molecule has 7 nitrogen and oxygen atoms in total. The van der Waals surface area contributed by atoms with Gasteiger partial charge in [-0.3, -0.25) is 4.57 Å². The first-order chi connectivity index (χ1) is 14.0. The van der Waals surface area contributed by atoms with Crippen LogP contribution in [0.25, 0.3) is 5.69 Å². The van der Waals surface area contributed by atoms with Crippen molar-refractivity contribution in [1.82, 2.24) is 14.3 Å². The molecule has 2 heterocycles. The van der Waals surface area contributed by atoms with Crippen LogP contribution in [0.2, 0.25) is 0 Å². The summed E-state index contributed by atoms with van der Waals surface area (Å²) in [4.78, 5) is 24.3. The standard InChI is InChI=1S/C21H20FN3O4/c1-13(14-7-3-2-4-8-14)29-18-12-17(16(22)11-15(18)20(26)27)25-21(28)24-10-6-5-9-19(24)23-25/h2-4,7-8,11-13H,5-6,9-10H2,1H3,(H,26,27)/t13-/m0/s1. The molecule has 0 unspecified atom stereocenters. The first-order valence-corrected chi connectivity index (χ1v) is 9.43. The largest absolute Gasteiger partial charge is 0.485 e. The van der Waals surface area contributed by atoms with E-state index in [1.807, 2.05) is 30.3 Å². The van der Waals surface area contributed by atoms with Gasteiger partial charge < -0.3 is 9.84 Å². The topological polar surface area (TPSA) is 86.4 Å². The van der Waals surface area contributed by atoms with Gasteiger partial charge in [-0.1, -0.05) is 30.3 Å². The Morgan fingerprint density at radius 1 is 1.24 bits per heavy atom. The number of carboxylic acid groups (broad SMARTS) is 1. The second-order valence-corrected chi connectivity index (χ2v) is 7.00. The first kappa shape index (κ1) is 18.9. The fourth-order valence-corrected chi connectivity index (χ4v) is 3.51. The molecule has 1 aliphatic heterocycles. The second kappa shape index (κ2) is 7.54. The minimum atomic E-state index is -1.32. The highest BCUT2D eigenvalue weighted by Crippen LogP contribution is 2.29. The first-order valence-electron chi connectivity index (χ1n) is 9.43. The Kier molecular flexibility index (Phi) is 4.92. The van der Waals surface area contributed by atoms with Crippen molar-refractivity contribution in [3.63, 3.8) is 0 Å². The summed E-state index contributed by atoms with van der Waals surface area (Å²) in [5.74, 6) is -1.59. The zero-order valence-electron chi connectivity index (χ0n) is 15.8. The number of ether oxygens (including phenoxy) is 1. The highest BCUT2D eigenvalue weighted by atomic mass is 19.1. The molecule has 1 aliphatic rings. The summed E-state index contributed by atoms with van der Waals surface area (Å²) in [7, 11) is 0. The molecule has 1 aromatic heterocycles. The summed E-state index contributed by atoms with van der Waals surface area (Å²) < 4.78 is 23.1. The van der Waals surface area contributed by atoms with Crippen LogP contribution in [0.1, 0.15) is 47.6 Å². The normalized spacial score (nSPS) is 14.3. The third-order valence-corrected chi connectivity index (χ3v) is 5.05. The molecule has 0 amide bonds. The SMILES string of the molecule is C[C@H](Oc1cc(-n2nc3n(c2=O)CCCC3)c(F)cc1C(=O)O)c1ccccc1. The minimum Gasteiger partial charge on any atom is -0.485 e. The number of hydrogen-bond donors (Lipinski definition) is 1. The molecule has 0 spiro atoms. The molecule has 29 heavy (non-hydrogen) atoms. The second-order valence-electron chi connectivity index (χ2n) is 7.00. The number of aromatic carboxylic acids is 1. The molecule has 0 fully saturated rings. The van der Waals surface area contributed by atoms with Gasteiger partial charge in [0.15, 0.2) is 0 Å². The van der Waals surface area contributed by atoms with Crippen molar-refractivity contribution >= 4 is 5.97 Å². The average Bonchev–Trinajstić information content (AvgIpc) is 3.06. The van der Waals surface area contributed by atoms with E-state index in [0.29, 0.717) is 18.8 Å². The van der Waals surface area contributed by atoms with Crippen LogP contribution in [0.3, 0.4) is 0 Å². The summed E-state index contributed by atoms with van der Waals surface area (Å²) in [6.45, 7) is 2.31. The van der Waals surface area contributed by atoms with Crippen molar-refractivity contribution < 1.29 is 19.0 Å². The molecule has 0 aliphatic carbocycles. The van der Waals surface area contributed by atoms with E-state index in [4.69, 9.17) is 4.74 Å². The lowest BCUT2D eigenvalue weighted by Gasteiger charge is -2.17. The molecule has 1 N–H and O–H groups in total. The van der Waals surface area contributed by atoms with Crippen LogP contribution in [0, 0.1) is 5.82 Å². The van der Waals surface area contributed by atoms with E-state index in [0.717, 1.165) is 29.2 Å². The van der Waals surface area contributed by atoms with Crippen LogP contribution in [0.5, 0.6) is 5.75 Å². The number of halogens is 1. The Hall–Kier alpha value is -3.42. The quantitative estimate of drug-likeness (QED) is 0.714. The molecular formula is C21H20FN3O4. The molecule has 0 saturated carbocycles. The summed E-state index contributed by atoms with van der Waals surface area (Å²) in [6.07, 6.45) is 1.95. The van der Waals surface area contributed by atoms with Gasteiger partial charge in [-0.25, -0.2) is 14.0 Å². The number of hydrogen-bond acceptors (Lipinski definition) is 4. The summed E-state index contributed by atoms with van der Waals surface area (Å²) in [5, 5.41) is 13.7. The highest BCUT2D eigenvalue weighted by Gasteiger charge is 2.24. The van der Waals surface area contributed by atoms with E-state index in [-0.39, 0.29) is 17.0 Å². The monoisotopic (exact) mass is 397 g/mol. The zero-order valence-corrected chi connectivity index (χ0v) is 15.8. The molecule has 0 bridgehead atoms. The van der Waals surface area contributed by atoms with Crippen molar-refractivity contribution in [2.75, 3.05) is 0 Å². The predicted octanol–water partition coefficient (Wildman–Crippen LogP) is 3.35. The van der Waals surface area contributed by atoms with Crippen LogP contribution in [0.15, 0.2) is 47.3 Å². The summed E-state index contributed by atoms with van der Waals surface area (Å²) in [6, 6.07) is 11.4. The average molecular weight is 397 g/mol. The van der Waals surface area contributed by atoms with Crippen molar-refractivity contribution in [2.24, 2.45) is 0 Å². The van der Waals surface area contributed by atoms with Crippen LogP contribution in [-0.4, -0.2) is 25.4 Å². The lowest BCUT2D eigenvalue weighted by molar-refractivity contribution is 0.0689. The minimum absolute atomic E-state index is 0.0249. The predicted molar refractivity (Wildman–Crippen MR) is 103 cm³/mol. The number of aromatic nitrogens is 3. The van der Waals surface area contributed by atoms with Crippen LogP contribution >= 0.6 is 0 Å². The van der Waals surface area contributed by atoms with E-state index in [1.54, 1.807) is 6.92 Å². The molecule has 3 aromatic rings. The maximum Gasteiger partial charge on any atom is 0.350 e. The maximum absolute atomic E-state index is 14.8. The van der Waals surface area contributed by atoms with Crippen molar-refractivity contribution in [1.29, 1.82) is 0 Å². The van der Waals surface area contributed by atoms with Crippen LogP contribution in [-0.2, 0) is 13.0 Å². The third-order valence-electron chi connectivity index (χ3n) is 5.05. The van der Waals surface area contributed by atoms with E-state index in [1.165, 1.54) is 10.6 Å². The molecule has 150 valence electrons. The number of carboxylic acids is 1. The fraction of sp³-hybridized carbons (Fsp3) is 0.286. The molecule has 1 atom stereocenters. The van der Waals surface area contributed by atoms with Gasteiger partial charge in [0.1, 0.15) is 34.7 Å². The van der Waals surface area contributed by atoms with E-state index in [9.17, 15) is 19.1 Å². The van der Waals surface area contributed by atoms with Gasteiger partial charge in [0.05, 0.1) is 0 Å². The molecule has 0 radical (unpaired) electrons. The number of benzene rings is 2. The van der Waals surface area contributed by atoms with Gasteiger partial charge in [0.2, 0.25) is 0 Å². The Balaban J connectivity index is 1.79. The van der Waals surface area contributed by atoms with Crippen LogP contribution in [0.4, 0.5) is 4.39 Å². The molecule has 2 aromatic carbocycles.